The van der Waals surface area contributed by atoms with Crippen molar-refractivity contribution in [3.05, 3.63) is 65.0 Å². The lowest BCUT2D eigenvalue weighted by atomic mass is 10.0. The monoisotopic (exact) mass is 517 g/mol. The van der Waals surface area contributed by atoms with Crippen LogP contribution in [0, 0.1) is 11.8 Å². The van der Waals surface area contributed by atoms with E-state index in [2.05, 4.69) is 41.1 Å². The van der Waals surface area contributed by atoms with Crippen molar-refractivity contribution >= 4 is 51.9 Å². The molecule has 37 heavy (non-hydrogen) atoms. The van der Waals surface area contributed by atoms with E-state index in [9.17, 15) is 9.59 Å². The zero-order valence-corrected chi connectivity index (χ0v) is 22.3. The molecule has 2 amide bonds. The molecule has 4 aromatic rings. The predicted octanol–water partition coefficient (Wildman–Crippen LogP) is 6.22. The van der Waals surface area contributed by atoms with Crippen LogP contribution in [0.5, 0.6) is 0 Å². The van der Waals surface area contributed by atoms with Crippen LogP contribution in [0.2, 0.25) is 0 Å². The highest BCUT2D eigenvalue weighted by atomic mass is 32.1. The average molecular weight is 518 g/mol. The van der Waals surface area contributed by atoms with Gasteiger partial charge >= 0.3 is 4.84 Å². The number of nitrogens with one attached hydrogen (secondary N) is 2. The summed E-state index contributed by atoms with van der Waals surface area (Å²) in [5.74, 6) is -0.181. The molecule has 192 valence electrons. The zero-order valence-electron chi connectivity index (χ0n) is 21.5. The molecule has 0 bridgehead atoms. The molecule has 9 heteroatoms. The number of fused-ring (bicyclic) bond motifs is 3. The van der Waals surface area contributed by atoms with Crippen LogP contribution in [0.15, 0.2) is 59.1 Å². The van der Waals surface area contributed by atoms with Gasteiger partial charge in [0.1, 0.15) is 6.42 Å². The summed E-state index contributed by atoms with van der Waals surface area (Å²) in [5.41, 5.74) is 3.51. The van der Waals surface area contributed by atoms with E-state index in [0.717, 1.165) is 21.9 Å². The number of amides is 2. The molecule has 3 aromatic carbocycles. The van der Waals surface area contributed by atoms with Crippen molar-refractivity contribution in [3.63, 3.8) is 0 Å². The highest BCUT2D eigenvalue weighted by molar-refractivity contribution is 7.71. The molecule has 0 saturated heterocycles. The fourth-order valence-corrected chi connectivity index (χ4v) is 4.58. The summed E-state index contributed by atoms with van der Waals surface area (Å²) in [6.45, 7) is 12.1. The van der Waals surface area contributed by atoms with Crippen LogP contribution in [0.3, 0.4) is 0 Å². The molecule has 2 heterocycles. The van der Waals surface area contributed by atoms with Crippen molar-refractivity contribution in [2.75, 3.05) is 29.9 Å². The molecule has 0 spiro atoms. The summed E-state index contributed by atoms with van der Waals surface area (Å²) in [5, 5.41) is 7.45. The van der Waals surface area contributed by atoms with Crippen LogP contribution >= 0.6 is 12.2 Å². The fraction of sp³-hybridized carbons (Fsp3) is 0.286. The number of hydrogen-bond acceptors (Lipinski definition) is 6. The number of carbonyl (C=O) groups is 2. The number of H-pyrrole nitrogens is 1. The lowest BCUT2D eigenvalue weighted by Gasteiger charge is -2.24. The minimum Gasteiger partial charge on any atom is -0.348 e. The molecule has 8 nitrogen and oxygen atoms in total. The van der Waals surface area contributed by atoms with Crippen LogP contribution in [0.25, 0.3) is 22.2 Å². The highest BCUT2D eigenvalue weighted by Gasteiger charge is 2.29. The Bertz CT molecular complexity index is 1480. The Hall–Kier alpha value is -3.82. The number of aromatic nitrogens is 2. The SMILES string of the molecule is CCN(CC)CC.Cc1cc(-c2nc(=S)o[nH]2)cc(N2C(=O)CC(=O)Nc3c2ccc2ccccc32)c1. The number of aromatic amines is 1. The molecule has 0 unspecified atom stereocenters. The minimum atomic E-state index is -0.339. The van der Waals surface area contributed by atoms with Gasteiger partial charge in [0.2, 0.25) is 11.8 Å². The average Bonchev–Trinajstić information content (AvgIpc) is 3.27. The number of nitrogens with zero attached hydrogens (tertiary/aromatic N) is 3. The summed E-state index contributed by atoms with van der Waals surface area (Å²) in [4.78, 5) is 33.7. The van der Waals surface area contributed by atoms with E-state index >= 15 is 0 Å². The minimum absolute atomic E-state index is 0.102. The summed E-state index contributed by atoms with van der Waals surface area (Å²) < 4.78 is 5.05. The summed E-state index contributed by atoms with van der Waals surface area (Å²) in [7, 11) is 0. The number of rotatable bonds is 5. The van der Waals surface area contributed by atoms with E-state index in [1.165, 1.54) is 19.6 Å². The van der Waals surface area contributed by atoms with E-state index in [-0.39, 0.29) is 23.1 Å². The Labute approximate surface area is 221 Å². The summed E-state index contributed by atoms with van der Waals surface area (Å²) in [6, 6.07) is 17.2. The maximum Gasteiger partial charge on any atom is 0.314 e. The molecule has 0 saturated carbocycles. The molecular weight excluding hydrogens is 486 g/mol. The summed E-state index contributed by atoms with van der Waals surface area (Å²) in [6.07, 6.45) is -0.251. The number of aryl methyl sites for hydroxylation is 1. The van der Waals surface area contributed by atoms with Gasteiger partial charge in [0.25, 0.3) is 0 Å². The molecule has 1 aliphatic rings. The van der Waals surface area contributed by atoms with Gasteiger partial charge in [0.05, 0.1) is 11.4 Å². The third-order valence-corrected chi connectivity index (χ3v) is 6.52. The molecule has 0 atom stereocenters. The van der Waals surface area contributed by atoms with Gasteiger partial charge in [-0.15, -0.1) is 0 Å². The summed E-state index contributed by atoms with van der Waals surface area (Å²) >= 11 is 4.95. The van der Waals surface area contributed by atoms with Gasteiger partial charge in [-0.25, -0.2) is 5.16 Å². The van der Waals surface area contributed by atoms with Crippen molar-refractivity contribution in [1.29, 1.82) is 0 Å². The van der Waals surface area contributed by atoms with Crippen molar-refractivity contribution < 1.29 is 14.1 Å². The van der Waals surface area contributed by atoms with Crippen molar-refractivity contribution in [3.8, 4) is 11.4 Å². The van der Waals surface area contributed by atoms with Gasteiger partial charge in [-0.3, -0.25) is 14.5 Å². The first-order valence-electron chi connectivity index (χ1n) is 12.4. The standard InChI is InChI=1S/C22H16N4O3S.C6H15N/c1-12-8-14(21-24-22(30)29-25-21)10-15(9-12)26-17-7-6-13-4-2-3-5-16(13)20(17)23-18(27)11-19(26)28;1-4-7(5-2)6-3/h2-10H,11H2,1H3,(H,23,27)(H,24,25,30);4-6H2,1-3H3. The van der Waals surface area contributed by atoms with Gasteiger partial charge in [-0.2, -0.15) is 4.98 Å². The Morgan fingerprint density at radius 3 is 2.41 bits per heavy atom. The van der Waals surface area contributed by atoms with E-state index in [1.807, 2.05) is 61.5 Å². The van der Waals surface area contributed by atoms with Crippen LogP contribution in [0.1, 0.15) is 32.8 Å². The Balaban J connectivity index is 0.000000405. The van der Waals surface area contributed by atoms with Gasteiger partial charge in [0.15, 0.2) is 5.82 Å². The second-order valence-corrected chi connectivity index (χ2v) is 9.09. The van der Waals surface area contributed by atoms with Crippen molar-refractivity contribution in [2.24, 2.45) is 0 Å². The smallest absolute Gasteiger partial charge is 0.314 e. The van der Waals surface area contributed by atoms with E-state index in [0.29, 0.717) is 22.9 Å². The Morgan fingerprint density at radius 1 is 1.03 bits per heavy atom. The van der Waals surface area contributed by atoms with Crippen LogP contribution in [0.4, 0.5) is 17.1 Å². The highest BCUT2D eigenvalue weighted by Crippen LogP contribution is 2.40. The van der Waals surface area contributed by atoms with Gasteiger partial charge in [0, 0.05) is 16.6 Å². The first kappa shape index (κ1) is 26.2. The first-order chi connectivity index (χ1) is 17.8. The van der Waals surface area contributed by atoms with Gasteiger partial charge < -0.3 is 14.7 Å². The predicted molar refractivity (Wildman–Crippen MR) is 150 cm³/mol. The molecule has 1 aliphatic heterocycles. The number of carbonyl (C=O) groups excluding carboxylic acids is 2. The largest absolute Gasteiger partial charge is 0.348 e. The Morgan fingerprint density at radius 2 is 1.76 bits per heavy atom. The lowest BCUT2D eigenvalue weighted by Crippen LogP contribution is -2.26. The molecule has 0 radical (unpaired) electrons. The van der Waals surface area contributed by atoms with Gasteiger partial charge in [-0.05, 0) is 74.0 Å². The van der Waals surface area contributed by atoms with E-state index < -0.39 is 0 Å². The third kappa shape index (κ3) is 5.79. The normalized spacial score (nSPS) is 13.2. The molecular formula is C28H31N5O3S. The maximum absolute atomic E-state index is 13.1. The van der Waals surface area contributed by atoms with Crippen LogP contribution in [-0.4, -0.2) is 46.5 Å². The number of anilines is 3. The Kier molecular flexibility index (Phi) is 8.15. The quantitative estimate of drug-likeness (QED) is 0.241. The first-order valence-corrected chi connectivity index (χ1v) is 12.8. The zero-order chi connectivity index (χ0) is 26.5. The second kappa shape index (κ2) is 11.5. The maximum atomic E-state index is 13.1. The topological polar surface area (TPSA) is 94.5 Å². The molecule has 0 fully saturated rings. The third-order valence-electron chi connectivity index (χ3n) is 6.35. The van der Waals surface area contributed by atoms with Crippen molar-refractivity contribution in [2.45, 2.75) is 34.1 Å². The molecule has 1 aromatic heterocycles. The molecule has 0 aliphatic carbocycles. The van der Waals surface area contributed by atoms with Gasteiger partial charge in [-0.1, -0.05) is 51.1 Å². The lowest BCUT2D eigenvalue weighted by molar-refractivity contribution is -0.124. The second-order valence-electron chi connectivity index (χ2n) is 8.74. The van der Waals surface area contributed by atoms with E-state index in [1.54, 1.807) is 4.90 Å². The van der Waals surface area contributed by atoms with Crippen molar-refractivity contribution in [1.82, 2.24) is 15.0 Å². The number of benzene rings is 3. The molecule has 2 N–H and O–H groups in total. The van der Waals surface area contributed by atoms with Crippen LogP contribution in [-0.2, 0) is 9.59 Å². The van der Waals surface area contributed by atoms with E-state index in [4.69, 9.17) is 16.7 Å². The van der Waals surface area contributed by atoms with Crippen LogP contribution < -0.4 is 10.2 Å². The number of hydrogen-bond donors (Lipinski definition) is 2. The fourth-order valence-electron chi connectivity index (χ4n) is 4.45. The molecule has 5 rings (SSSR count).